The Morgan fingerprint density at radius 1 is 1.28 bits per heavy atom. The molecular formula is C17H16BrN3O3S. The van der Waals surface area contributed by atoms with Crippen LogP contribution in [0.2, 0.25) is 0 Å². The van der Waals surface area contributed by atoms with Crippen LogP contribution < -0.4 is 0 Å². The van der Waals surface area contributed by atoms with Crippen molar-refractivity contribution in [3.63, 3.8) is 0 Å². The summed E-state index contributed by atoms with van der Waals surface area (Å²) in [7, 11) is 0. The Bertz CT molecular complexity index is 831. The minimum absolute atomic E-state index is 0.173. The van der Waals surface area contributed by atoms with Gasteiger partial charge in [0.1, 0.15) is 6.61 Å². The number of hydrogen-bond donors (Lipinski definition) is 0. The van der Waals surface area contributed by atoms with Gasteiger partial charge in [0.2, 0.25) is 0 Å². The first-order chi connectivity index (χ1) is 12.2. The average molecular weight is 422 g/mol. The standard InChI is InChI=1S/C17H16BrN3O3S/c1-2-21-16(14-4-3-9-23-14)19-20-17(21)25-11-15(22)24-10-12-5-7-13(18)8-6-12/h3-9H,2,10-11H2,1H3. The number of furan rings is 1. The lowest BCUT2D eigenvalue weighted by Gasteiger charge is -2.07. The zero-order chi connectivity index (χ0) is 17.6. The van der Waals surface area contributed by atoms with Crippen LogP contribution in [0, 0.1) is 0 Å². The number of esters is 1. The summed E-state index contributed by atoms with van der Waals surface area (Å²) in [4.78, 5) is 12.0. The molecule has 0 saturated carbocycles. The molecule has 3 rings (SSSR count). The molecule has 0 saturated heterocycles. The van der Waals surface area contributed by atoms with E-state index in [1.807, 2.05) is 41.8 Å². The van der Waals surface area contributed by atoms with Crippen LogP contribution in [0.4, 0.5) is 0 Å². The molecule has 130 valence electrons. The second-order valence-electron chi connectivity index (χ2n) is 5.10. The smallest absolute Gasteiger partial charge is 0.316 e. The van der Waals surface area contributed by atoms with Crippen LogP contribution in [0.1, 0.15) is 12.5 Å². The van der Waals surface area contributed by atoms with Gasteiger partial charge in [-0.2, -0.15) is 0 Å². The molecule has 1 aromatic carbocycles. The highest BCUT2D eigenvalue weighted by Crippen LogP contribution is 2.24. The molecule has 0 unspecified atom stereocenters. The highest BCUT2D eigenvalue weighted by molar-refractivity contribution is 9.10. The molecule has 2 heterocycles. The SMILES string of the molecule is CCn1c(SCC(=O)OCc2ccc(Br)cc2)nnc1-c1ccco1. The highest BCUT2D eigenvalue weighted by atomic mass is 79.9. The number of halogens is 1. The molecule has 0 aliphatic carbocycles. The van der Waals surface area contributed by atoms with E-state index < -0.39 is 0 Å². The zero-order valence-electron chi connectivity index (χ0n) is 13.5. The maximum Gasteiger partial charge on any atom is 0.316 e. The van der Waals surface area contributed by atoms with Crippen molar-refractivity contribution in [2.75, 3.05) is 5.75 Å². The molecular weight excluding hydrogens is 406 g/mol. The summed E-state index contributed by atoms with van der Waals surface area (Å²) >= 11 is 4.67. The van der Waals surface area contributed by atoms with Crippen LogP contribution >= 0.6 is 27.7 Å². The van der Waals surface area contributed by atoms with E-state index in [-0.39, 0.29) is 18.3 Å². The van der Waals surface area contributed by atoms with Gasteiger partial charge >= 0.3 is 5.97 Å². The first kappa shape index (κ1) is 17.8. The molecule has 8 heteroatoms. The monoisotopic (exact) mass is 421 g/mol. The predicted octanol–water partition coefficient (Wildman–Crippen LogP) is 4.16. The quantitative estimate of drug-likeness (QED) is 0.421. The summed E-state index contributed by atoms with van der Waals surface area (Å²) in [5.41, 5.74) is 0.943. The number of benzene rings is 1. The van der Waals surface area contributed by atoms with E-state index in [0.29, 0.717) is 23.3 Å². The number of carbonyl (C=O) groups excluding carboxylic acids is 1. The van der Waals surface area contributed by atoms with Crippen molar-refractivity contribution in [1.82, 2.24) is 14.8 Å². The Balaban J connectivity index is 1.56. The Kier molecular flexibility index (Phi) is 5.93. The predicted molar refractivity (Wildman–Crippen MR) is 98.1 cm³/mol. The van der Waals surface area contributed by atoms with E-state index in [2.05, 4.69) is 26.1 Å². The first-order valence-corrected chi connectivity index (χ1v) is 9.45. The van der Waals surface area contributed by atoms with Crippen molar-refractivity contribution in [3.8, 4) is 11.6 Å². The van der Waals surface area contributed by atoms with E-state index in [1.165, 1.54) is 11.8 Å². The van der Waals surface area contributed by atoms with Gasteiger partial charge in [-0.25, -0.2) is 0 Å². The summed E-state index contributed by atoms with van der Waals surface area (Å²) in [6, 6.07) is 11.3. The molecule has 0 radical (unpaired) electrons. The van der Waals surface area contributed by atoms with Gasteiger partial charge in [-0.3, -0.25) is 9.36 Å². The van der Waals surface area contributed by atoms with Gasteiger partial charge in [0.25, 0.3) is 0 Å². The van der Waals surface area contributed by atoms with Crippen molar-refractivity contribution in [2.24, 2.45) is 0 Å². The van der Waals surface area contributed by atoms with Crippen LogP contribution in [0.25, 0.3) is 11.6 Å². The average Bonchev–Trinajstić information content (AvgIpc) is 3.28. The van der Waals surface area contributed by atoms with Crippen molar-refractivity contribution >= 4 is 33.7 Å². The van der Waals surface area contributed by atoms with E-state index in [9.17, 15) is 4.79 Å². The Hall–Kier alpha value is -2.06. The fourth-order valence-corrected chi connectivity index (χ4v) is 3.24. The van der Waals surface area contributed by atoms with Gasteiger partial charge in [0, 0.05) is 11.0 Å². The normalized spacial score (nSPS) is 10.8. The largest absolute Gasteiger partial charge is 0.461 e. The first-order valence-electron chi connectivity index (χ1n) is 7.67. The Morgan fingerprint density at radius 2 is 2.08 bits per heavy atom. The number of ether oxygens (including phenoxy) is 1. The van der Waals surface area contributed by atoms with Gasteiger partial charge < -0.3 is 9.15 Å². The van der Waals surface area contributed by atoms with Crippen LogP contribution in [-0.2, 0) is 22.7 Å². The molecule has 0 atom stereocenters. The highest BCUT2D eigenvalue weighted by Gasteiger charge is 2.16. The summed E-state index contributed by atoms with van der Waals surface area (Å²) in [5.74, 6) is 1.18. The van der Waals surface area contributed by atoms with Crippen LogP contribution in [-0.4, -0.2) is 26.5 Å². The van der Waals surface area contributed by atoms with Gasteiger partial charge in [-0.1, -0.05) is 39.8 Å². The summed E-state index contributed by atoms with van der Waals surface area (Å²) in [6.07, 6.45) is 1.59. The third-order valence-corrected chi connectivity index (χ3v) is 4.88. The fourth-order valence-electron chi connectivity index (χ4n) is 2.18. The van der Waals surface area contributed by atoms with Crippen LogP contribution in [0.15, 0.2) is 56.7 Å². The third-order valence-electron chi connectivity index (χ3n) is 3.41. The van der Waals surface area contributed by atoms with Crippen molar-refractivity contribution in [2.45, 2.75) is 25.2 Å². The maximum absolute atomic E-state index is 12.0. The van der Waals surface area contributed by atoms with Crippen molar-refractivity contribution in [3.05, 3.63) is 52.7 Å². The van der Waals surface area contributed by atoms with Crippen LogP contribution in [0.3, 0.4) is 0 Å². The lowest BCUT2D eigenvalue weighted by Crippen LogP contribution is -2.08. The van der Waals surface area contributed by atoms with Crippen molar-refractivity contribution < 1.29 is 13.9 Å². The van der Waals surface area contributed by atoms with E-state index in [0.717, 1.165) is 10.0 Å². The number of hydrogen-bond acceptors (Lipinski definition) is 6. The molecule has 0 spiro atoms. The molecule has 0 aliphatic heterocycles. The van der Waals surface area contributed by atoms with Gasteiger partial charge in [-0.15, -0.1) is 10.2 Å². The molecule has 6 nitrogen and oxygen atoms in total. The molecule has 0 N–H and O–H groups in total. The summed E-state index contributed by atoms with van der Waals surface area (Å²) < 4.78 is 13.6. The zero-order valence-corrected chi connectivity index (χ0v) is 15.9. The lowest BCUT2D eigenvalue weighted by atomic mass is 10.2. The summed E-state index contributed by atoms with van der Waals surface area (Å²) in [6.45, 7) is 2.93. The summed E-state index contributed by atoms with van der Waals surface area (Å²) in [5, 5.41) is 8.96. The fraction of sp³-hybridized carbons (Fsp3) is 0.235. The van der Waals surface area contributed by atoms with E-state index in [1.54, 1.807) is 12.3 Å². The van der Waals surface area contributed by atoms with Gasteiger partial charge in [-0.05, 0) is 36.8 Å². The number of nitrogens with zero attached hydrogens (tertiary/aromatic N) is 3. The van der Waals surface area contributed by atoms with Gasteiger partial charge in [0.05, 0.1) is 12.0 Å². The second kappa shape index (κ2) is 8.35. The number of carbonyl (C=O) groups is 1. The minimum Gasteiger partial charge on any atom is -0.461 e. The van der Waals surface area contributed by atoms with E-state index >= 15 is 0 Å². The maximum atomic E-state index is 12.0. The second-order valence-corrected chi connectivity index (χ2v) is 6.96. The third kappa shape index (κ3) is 4.52. The van der Waals surface area contributed by atoms with Crippen LogP contribution in [0.5, 0.6) is 0 Å². The minimum atomic E-state index is -0.293. The van der Waals surface area contributed by atoms with Crippen molar-refractivity contribution in [1.29, 1.82) is 0 Å². The molecule has 25 heavy (non-hydrogen) atoms. The molecule has 3 aromatic rings. The number of thioether (sulfide) groups is 1. The van der Waals surface area contributed by atoms with E-state index in [4.69, 9.17) is 9.15 Å². The topological polar surface area (TPSA) is 70.2 Å². The molecule has 0 fully saturated rings. The van der Waals surface area contributed by atoms with Gasteiger partial charge in [0.15, 0.2) is 16.7 Å². The molecule has 0 amide bonds. The lowest BCUT2D eigenvalue weighted by molar-refractivity contribution is -0.141. The molecule has 0 aliphatic rings. The number of rotatable bonds is 7. The Labute approximate surface area is 157 Å². The number of aromatic nitrogens is 3. The Morgan fingerprint density at radius 3 is 2.76 bits per heavy atom. The molecule has 0 bridgehead atoms. The molecule has 2 aromatic heterocycles.